The van der Waals surface area contributed by atoms with Crippen molar-refractivity contribution in [2.45, 2.75) is 39.2 Å². The van der Waals surface area contributed by atoms with Crippen LogP contribution in [-0.2, 0) is 4.79 Å². The number of rotatable bonds is 4. The maximum absolute atomic E-state index is 12.1. The lowest BCUT2D eigenvalue weighted by Crippen LogP contribution is -2.48. The van der Waals surface area contributed by atoms with Gasteiger partial charge in [0, 0.05) is 20.1 Å². The van der Waals surface area contributed by atoms with Crippen molar-refractivity contribution in [2.75, 3.05) is 20.1 Å². The van der Waals surface area contributed by atoms with Crippen LogP contribution in [0.15, 0.2) is 0 Å². The van der Waals surface area contributed by atoms with Crippen molar-refractivity contribution in [1.29, 1.82) is 0 Å². The van der Waals surface area contributed by atoms with Crippen molar-refractivity contribution >= 4 is 12.0 Å². The van der Waals surface area contributed by atoms with Gasteiger partial charge in [-0.1, -0.05) is 20.3 Å². The number of nitrogens with zero attached hydrogens (tertiary/aromatic N) is 2. The van der Waals surface area contributed by atoms with Crippen LogP contribution in [-0.4, -0.2) is 53.1 Å². The Bertz CT molecular complexity index is 293. The monoisotopic (exact) mass is 242 g/mol. The minimum Gasteiger partial charge on any atom is -0.480 e. The zero-order valence-corrected chi connectivity index (χ0v) is 10.8. The lowest BCUT2D eigenvalue weighted by molar-refractivity contribution is -0.142. The first kappa shape index (κ1) is 13.8. The molecule has 0 radical (unpaired) electrons. The topological polar surface area (TPSA) is 60.9 Å². The molecule has 1 aliphatic heterocycles. The Morgan fingerprint density at radius 3 is 2.53 bits per heavy atom. The molecule has 0 aromatic rings. The predicted molar refractivity (Wildman–Crippen MR) is 64.8 cm³/mol. The van der Waals surface area contributed by atoms with Gasteiger partial charge in [0.05, 0.1) is 0 Å². The van der Waals surface area contributed by atoms with E-state index in [1.165, 1.54) is 4.90 Å². The molecule has 1 fully saturated rings. The molecule has 1 saturated heterocycles. The van der Waals surface area contributed by atoms with E-state index in [0.717, 1.165) is 25.9 Å². The lowest BCUT2D eigenvalue weighted by atomic mass is 10.1. The molecule has 98 valence electrons. The zero-order valence-electron chi connectivity index (χ0n) is 10.8. The second kappa shape index (κ2) is 5.89. The fourth-order valence-electron chi connectivity index (χ4n) is 2.31. The fraction of sp³-hybridized carbons (Fsp3) is 0.833. The van der Waals surface area contributed by atoms with Gasteiger partial charge in [-0.15, -0.1) is 0 Å². The number of aliphatic carboxylic acids is 1. The number of carbonyl (C=O) groups is 2. The molecule has 2 unspecified atom stereocenters. The Morgan fingerprint density at radius 2 is 2.12 bits per heavy atom. The first-order chi connectivity index (χ1) is 8.01. The van der Waals surface area contributed by atoms with Crippen molar-refractivity contribution in [2.24, 2.45) is 5.92 Å². The van der Waals surface area contributed by atoms with Crippen LogP contribution in [0.25, 0.3) is 0 Å². The highest BCUT2D eigenvalue weighted by atomic mass is 16.4. The third-order valence-corrected chi connectivity index (χ3v) is 3.57. The van der Waals surface area contributed by atoms with E-state index in [2.05, 4.69) is 6.92 Å². The number of amides is 2. The summed E-state index contributed by atoms with van der Waals surface area (Å²) < 4.78 is 0. The zero-order chi connectivity index (χ0) is 13.0. The number of carboxylic acid groups (broad SMARTS) is 1. The summed E-state index contributed by atoms with van der Waals surface area (Å²) in [7, 11) is 1.57. The van der Waals surface area contributed by atoms with Crippen LogP contribution in [0.1, 0.15) is 33.1 Å². The second-order valence-electron chi connectivity index (χ2n) is 4.66. The molecule has 0 bridgehead atoms. The molecule has 0 spiro atoms. The second-order valence-corrected chi connectivity index (χ2v) is 4.66. The quantitative estimate of drug-likeness (QED) is 0.815. The summed E-state index contributed by atoms with van der Waals surface area (Å²) in [5.41, 5.74) is 0. The molecule has 1 N–H and O–H groups in total. The molecule has 5 nitrogen and oxygen atoms in total. The third-order valence-electron chi connectivity index (χ3n) is 3.57. The smallest absolute Gasteiger partial charge is 0.326 e. The normalized spacial score (nSPS) is 21.4. The van der Waals surface area contributed by atoms with E-state index < -0.39 is 12.0 Å². The van der Waals surface area contributed by atoms with Gasteiger partial charge >= 0.3 is 12.0 Å². The van der Waals surface area contributed by atoms with Gasteiger partial charge in [0.25, 0.3) is 0 Å². The van der Waals surface area contributed by atoms with Crippen molar-refractivity contribution < 1.29 is 14.7 Å². The standard InChI is InChI=1S/C12H22N2O3/c1-4-9-6-7-14(8-9)12(17)13(3)10(5-2)11(15)16/h9-10H,4-8H2,1-3H3,(H,15,16). The number of hydrogen-bond acceptors (Lipinski definition) is 2. The van der Waals surface area contributed by atoms with Crippen molar-refractivity contribution in [3.05, 3.63) is 0 Å². The van der Waals surface area contributed by atoms with Gasteiger partial charge < -0.3 is 14.9 Å². The maximum Gasteiger partial charge on any atom is 0.326 e. The van der Waals surface area contributed by atoms with Crippen LogP contribution in [0.4, 0.5) is 4.79 Å². The number of hydrogen-bond donors (Lipinski definition) is 1. The first-order valence-corrected chi connectivity index (χ1v) is 6.25. The number of carbonyl (C=O) groups excluding carboxylic acids is 1. The van der Waals surface area contributed by atoms with Gasteiger partial charge in [0.2, 0.25) is 0 Å². The van der Waals surface area contributed by atoms with E-state index >= 15 is 0 Å². The SMILES string of the molecule is CCC1CCN(C(=O)N(C)C(CC)C(=O)O)C1. The first-order valence-electron chi connectivity index (χ1n) is 6.25. The molecule has 0 saturated carbocycles. The Hall–Kier alpha value is -1.26. The predicted octanol–water partition coefficient (Wildman–Crippen LogP) is 1.63. The van der Waals surface area contributed by atoms with Gasteiger partial charge in [-0.2, -0.15) is 0 Å². The molecule has 1 rings (SSSR count). The van der Waals surface area contributed by atoms with Crippen LogP contribution in [0.2, 0.25) is 0 Å². The Balaban J connectivity index is 2.60. The molecule has 0 aromatic heterocycles. The molecular weight excluding hydrogens is 220 g/mol. The molecule has 1 aliphatic rings. The number of likely N-dealkylation sites (tertiary alicyclic amines) is 1. The number of carboxylic acids is 1. The van der Waals surface area contributed by atoms with Gasteiger partial charge in [0.15, 0.2) is 0 Å². The van der Waals surface area contributed by atoms with Gasteiger partial charge in [-0.3, -0.25) is 0 Å². The van der Waals surface area contributed by atoms with Crippen molar-refractivity contribution in [3.8, 4) is 0 Å². The molecule has 2 atom stereocenters. The van der Waals surface area contributed by atoms with Crippen molar-refractivity contribution in [3.63, 3.8) is 0 Å². The van der Waals surface area contributed by atoms with E-state index in [9.17, 15) is 9.59 Å². The molecule has 0 aromatic carbocycles. The van der Waals surface area contributed by atoms with Crippen LogP contribution >= 0.6 is 0 Å². The van der Waals surface area contributed by atoms with E-state index in [-0.39, 0.29) is 6.03 Å². The summed E-state index contributed by atoms with van der Waals surface area (Å²) in [4.78, 5) is 26.2. The molecule has 5 heteroatoms. The van der Waals surface area contributed by atoms with E-state index in [1.54, 1.807) is 18.9 Å². The lowest BCUT2D eigenvalue weighted by Gasteiger charge is -2.28. The highest BCUT2D eigenvalue weighted by Gasteiger charge is 2.31. The molecule has 2 amide bonds. The van der Waals surface area contributed by atoms with E-state index in [0.29, 0.717) is 12.3 Å². The van der Waals surface area contributed by atoms with E-state index in [4.69, 9.17) is 5.11 Å². The van der Waals surface area contributed by atoms with Crippen molar-refractivity contribution in [1.82, 2.24) is 9.80 Å². The summed E-state index contributed by atoms with van der Waals surface area (Å²) in [6.07, 6.45) is 2.53. The molecular formula is C12H22N2O3. The molecule has 0 aliphatic carbocycles. The Kier molecular flexibility index (Phi) is 4.78. The average molecular weight is 242 g/mol. The highest BCUT2D eigenvalue weighted by molar-refractivity contribution is 5.82. The van der Waals surface area contributed by atoms with Crippen LogP contribution in [0.5, 0.6) is 0 Å². The summed E-state index contributed by atoms with van der Waals surface area (Å²) in [5.74, 6) is -0.369. The summed E-state index contributed by atoms with van der Waals surface area (Å²) in [5, 5.41) is 9.02. The number of likely N-dealkylation sites (N-methyl/N-ethyl adjacent to an activating group) is 1. The molecule has 1 heterocycles. The van der Waals surface area contributed by atoms with Gasteiger partial charge in [-0.25, -0.2) is 9.59 Å². The minimum absolute atomic E-state index is 0.157. The van der Waals surface area contributed by atoms with Crippen LogP contribution < -0.4 is 0 Å². The highest BCUT2D eigenvalue weighted by Crippen LogP contribution is 2.20. The van der Waals surface area contributed by atoms with E-state index in [1.807, 2.05) is 0 Å². The number of urea groups is 1. The van der Waals surface area contributed by atoms with Gasteiger partial charge in [0.1, 0.15) is 6.04 Å². The Morgan fingerprint density at radius 1 is 1.47 bits per heavy atom. The summed E-state index contributed by atoms with van der Waals surface area (Å²) in [6.45, 7) is 5.41. The fourth-order valence-corrected chi connectivity index (χ4v) is 2.31. The minimum atomic E-state index is -0.936. The van der Waals surface area contributed by atoms with Gasteiger partial charge in [-0.05, 0) is 18.8 Å². The average Bonchev–Trinajstić information content (AvgIpc) is 2.76. The summed E-state index contributed by atoms with van der Waals surface area (Å²) >= 11 is 0. The largest absolute Gasteiger partial charge is 0.480 e. The third kappa shape index (κ3) is 3.11. The molecule has 17 heavy (non-hydrogen) atoms. The van der Waals surface area contributed by atoms with Crippen LogP contribution in [0, 0.1) is 5.92 Å². The van der Waals surface area contributed by atoms with Crippen LogP contribution in [0.3, 0.4) is 0 Å². The Labute approximate surface area is 102 Å². The summed E-state index contributed by atoms with van der Waals surface area (Å²) in [6, 6.07) is -0.877. The maximum atomic E-state index is 12.1.